The number of pyridine rings is 1. The Morgan fingerprint density at radius 3 is 2.47 bits per heavy atom. The topological polar surface area (TPSA) is 90.7 Å². The second-order valence-corrected chi connectivity index (χ2v) is 4.16. The van der Waals surface area contributed by atoms with Gasteiger partial charge in [0, 0.05) is 6.20 Å². The highest BCUT2D eigenvalue weighted by Crippen LogP contribution is 2.27. The number of carbonyl (C=O) groups is 2. The number of carbonyl (C=O) groups excluding carboxylic acids is 2. The molecule has 2 N–H and O–H groups in total. The number of imide groups is 1. The average Bonchev–Trinajstić information content (AvgIpc) is 2.62. The third kappa shape index (κ3) is 1.53. The Kier molecular flexibility index (Phi) is 2.68. The van der Waals surface area contributed by atoms with Crippen LogP contribution < -0.4 is 0 Å². The van der Waals surface area contributed by atoms with E-state index in [1.807, 2.05) is 0 Å². The SMILES string of the molecule is CC(CO)(CO)N1C(=O)c2cccnc2C1=O. The monoisotopic (exact) mass is 236 g/mol. The van der Waals surface area contributed by atoms with Crippen LogP contribution in [0.4, 0.5) is 0 Å². The molecule has 1 aliphatic heterocycles. The minimum atomic E-state index is -1.31. The zero-order valence-electron chi connectivity index (χ0n) is 9.25. The van der Waals surface area contributed by atoms with Crippen LogP contribution in [-0.4, -0.2) is 50.7 Å². The molecule has 2 heterocycles. The first-order valence-electron chi connectivity index (χ1n) is 5.11. The summed E-state index contributed by atoms with van der Waals surface area (Å²) in [4.78, 5) is 28.7. The van der Waals surface area contributed by atoms with Gasteiger partial charge < -0.3 is 10.2 Å². The van der Waals surface area contributed by atoms with E-state index in [2.05, 4.69) is 4.98 Å². The van der Waals surface area contributed by atoms with Crippen LogP contribution in [0.2, 0.25) is 0 Å². The van der Waals surface area contributed by atoms with Crippen LogP contribution in [0.15, 0.2) is 18.3 Å². The zero-order chi connectivity index (χ0) is 12.6. The molecule has 0 aromatic carbocycles. The molecular weight excluding hydrogens is 224 g/mol. The van der Waals surface area contributed by atoms with Gasteiger partial charge in [-0.1, -0.05) is 0 Å². The molecule has 0 atom stereocenters. The van der Waals surface area contributed by atoms with Gasteiger partial charge in [-0.25, -0.2) is 0 Å². The number of aromatic nitrogens is 1. The molecule has 0 spiro atoms. The van der Waals surface area contributed by atoms with Crippen molar-refractivity contribution in [1.82, 2.24) is 9.88 Å². The van der Waals surface area contributed by atoms with Crippen LogP contribution in [0.25, 0.3) is 0 Å². The Morgan fingerprint density at radius 1 is 1.29 bits per heavy atom. The van der Waals surface area contributed by atoms with E-state index in [0.29, 0.717) is 0 Å². The van der Waals surface area contributed by atoms with Crippen molar-refractivity contribution in [3.05, 3.63) is 29.6 Å². The molecule has 1 aliphatic rings. The van der Waals surface area contributed by atoms with Crippen LogP contribution in [0.3, 0.4) is 0 Å². The van der Waals surface area contributed by atoms with Crippen LogP contribution >= 0.6 is 0 Å². The second kappa shape index (κ2) is 3.90. The standard InChI is InChI=1S/C11H12N2O4/c1-11(5-14,6-15)13-9(16)7-3-2-4-12-8(7)10(13)17/h2-4,14-15H,5-6H2,1H3. The van der Waals surface area contributed by atoms with E-state index in [1.165, 1.54) is 19.2 Å². The van der Waals surface area contributed by atoms with E-state index in [9.17, 15) is 19.8 Å². The van der Waals surface area contributed by atoms with Crippen LogP contribution in [-0.2, 0) is 0 Å². The van der Waals surface area contributed by atoms with Crippen molar-refractivity contribution in [1.29, 1.82) is 0 Å². The Bertz CT molecular complexity index is 447. The molecule has 2 rings (SSSR count). The molecule has 0 aliphatic carbocycles. The summed E-state index contributed by atoms with van der Waals surface area (Å²) < 4.78 is 0. The molecule has 0 bridgehead atoms. The van der Waals surface area contributed by atoms with Gasteiger partial charge in [-0.05, 0) is 19.1 Å². The predicted octanol–water partition coefficient (Wildman–Crippen LogP) is -0.579. The molecule has 1 aromatic rings. The number of nitrogens with zero attached hydrogens (tertiary/aromatic N) is 2. The lowest BCUT2D eigenvalue weighted by atomic mass is 10.0. The van der Waals surface area contributed by atoms with E-state index < -0.39 is 30.6 Å². The number of aliphatic hydroxyl groups excluding tert-OH is 2. The minimum absolute atomic E-state index is 0.0608. The number of aliphatic hydroxyl groups is 2. The fourth-order valence-corrected chi connectivity index (χ4v) is 1.75. The van der Waals surface area contributed by atoms with Gasteiger partial charge >= 0.3 is 0 Å². The maximum atomic E-state index is 12.0. The minimum Gasteiger partial charge on any atom is -0.394 e. The molecule has 0 fully saturated rings. The maximum absolute atomic E-state index is 12.0. The summed E-state index contributed by atoms with van der Waals surface area (Å²) >= 11 is 0. The smallest absolute Gasteiger partial charge is 0.280 e. The third-order valence-corrected chi connectivity index (χ3v) is 2.87. The Balaban J connectivity index is 2.50. The van der Waals surface area contributed by atoms with Gasteiger partial charge in [0.05, 0.1) is 24.3 Å². The fourth-order valence-electron chi connectivity index (χ4n) is 1.75. The van der Waals surface area contributed by atoms with E-state index in [1.54, 1.807) is 6.07 Å². The lowest BCUT2D eigenvalue weighted by molar-refractivity contribution is 0.00973. The summed E-state index contributed by atoms with van der Waals surface area (Å²) in [7, 11) is 0. The molecule has 17 heavy (non-hydrogen) atoms. The van der Waals surface area contributed by atoms with Gasteiger partial charge in [-0.3, -0.25) is 19.5 Å². The fraction of sp³-hybridized carbons (Fsp3) is 0.364. The normalized spacial score (nSPS) is 15.4. The van der Waals surface area contributed by atoms with Crippen molar-refractivity contribution < 1.29 is 19.8 Å². The lowest BCUT2D eigenvalue weighted by Gasteiger charge is -2.33. The number of hydrogen-bond acceptors (Lipinski definition) is 5. The van der Waals surface area contributed by atoms with Gasteiger partial charge in [0.25, 0.3) is 11.8 Å². The quantitative estimate of drug-likeness (QED) is 0.685. The zero-order valence-corrected chi connectivity index (χ0v) is 9.25. The Labute approximate surface area is 97.5 Å². The largest absolute Gasteiger partial charge is 0.394 e. The van der Waals surface area contributed by atoms with Crippen molar-refractivity contribution in [2.24, 2.45) is 0 Å². The van der Waals surface area contributed by atoms with Crippen molar-refractivity contribution in [3.63, 3.8) is 0 Å². The molecule has 0 unspecified atom stereocenters. The van der Waals surface area contributed by atoms with Crippen LogP contribution in [0.1, 0.15) is 27.8 Å². The summed E-state index contributed by atoms with van der Waals surface area (Å²) in [5.41, 5.74) is -1.05. The van der Waals surface area contributed by atoms with Crippen molar-refractivity contribution in [3.8, 4) is 0 Å². The summed E-state index contributed by atoms with van der Waals surface area (Å²) in [5.74, 6) is -1.13. The van der Waals surface area contributed by atoms with Crippen LogP contribution in [0, 0.1) is 0 Å². The van der Waals surface area contributed by atoms with Gasteiger partial charge in [0.1, 0.15) is 5.69 Å². The molecule has 6 nitrogen and oxygen atoms in total. The van der Waals surface area contributed by atoms with Crippen molar-refractivity contribution in [2.75, 3.05) is 13.2 Å². The van der Waals surface area contributed by atoms with Gasteiger partial charge in [0.2, 0.25) is 0 Å². The Morgan fingerprint density at radius 2 is 1.94 bits per heavy atom. The summed E-state index contributed by atoms with van der Waals surface area (Å²) in [5, 5.41) is 18.5. The number of fused-ring (bicyclic) bond motifs is 1. The molecule has 2 amide bonds. The summed E-state index contributed by atoms with van der Waals surface area (Å²) in [6.45, 7) is 0.429. The average molecular weight is 236 g/mol. The summed E-state index contributed by atoms with van der Waals surface area (Å²) in [6, 6.07) is 3.06. The van der Waals surface area contributed by atoms with E-state index in [0.717, 1.165) is 4.90 Å². The third-order valence-electron chi connectivity index (χ3n) is 2.87. The summed E-state index contributed by atoms with van der Waals surface area (Å²) in [6.07, 6.45) is 1.42. The number of amides is 2. The molecule has 1 aromatic heterocycles. The van der Waals surface area contributed by atoms with Gasteiger partial charge in [-0.15, -0.1) is 0 Å². The Hall–Kier alpha value is -1.79. The predicted molar refractivity (Wildman–Crippen MR) is 57.3 cm³/mol. The lowest BCUT2D eigenvalue weighted by Crippen LogP contribution is -2.54. The highest BCUT2D eigenvalue weighted by molar-refractivity contribution is 6.20. The first-order valence-corrected chi connectivity index (χ1v) is 5.11. The highest BCUT2D eigenvalue weighted by Gasteiger charge is 2.46. The van der Waals surface area contributed by atoms with E-state index in [4.69, 9.17) is 0 Å². The van der Waals surface area contributed by atoms with Crippen LogP contribution in [0.5, 0.6) is 0 Å². The molecule has 6 heteroatoms. The van der Waals surface area contributed by atoms with Gasteiger partial charge in [-0.2, -0.15) is 0 Å². The molecule has 90 valence electrons. The van der Waals surface area contributed by atoms with E-state index >= 15 is 0 Å². The number of rotatable bonds is 3. The highest BCUT2D eigenvalue weighted by atomic mass is 16.3. The molecule has 0 saturated heterocycles. The molecular formula is C11H12N2O4. The maximum Gasteiger partial charge on any atom is 0.280 e. The first-order chi connectivity index (χ1) is 8.05. The van der Waals surface area contributed by atoms with Crippen molar-refractivity contribution >= 4 is 11.8 Å². The molecule has 0 saturated carbocycles. The van der Waals surface area contributed by atoms with Gasteiger partial charge in [0.15, 0.2) is 0 Å². The van der Waals surface area contributed by atoms with Crippen molar-refractivity contribution in [2.45, 2.75) is 12.5 Å². The first kappa shape index (κ1) is 11.7. The van der Waals surface area contributed by atoms with E-state index in [-0.39, 0.29) is 11.3 Å². The molecule has 0 radical (unpaired) electrons. The second-order valence-electron chi connectivity index (χ2n) is 4.16. The number of hydrogen-bond donors (Lipinski definition) is 2.